The van der Waals surface area contributed by atoms with E-state index in [1.54, 1.807) is 0 Å². The lowest BCUT2D eigenvalue weighted by Crippen LogP contribution is -2.01. The molecule has 0 radical (unpaired) electrons. The predicted molar refractivity (Wildman–Crippen MR) is 74.7 cm³/mol. The average Bonchev–Trinajstić information content (AvgIpc) is 2.67. The first-order valence-corrected chi connectivity index (χ1v) is 6.30. The molecule has 0 aliphatic rings. The fraction of sp³-hybridized carbons (Fsp3) is 0.188. The van der Waals surface area contributed by atoms with E-state index in [-0.39, 0.29) is 5.82 Å². The van der Waals surface area contributed by atoms with E-state index in [1.807, 2.05) is 30.6 Å². The van der Waals surface area contributed by atoms with Crippen LogP contribution in [0.1, 0.15) is 16.8 Å². The van der Waals surface area contributed by atoms with Crippen LogP contribution in [0.2, 0.25) is 0 Å². The number of aromatic nitrogens is 2. The predicted octanol–water partition coefficient (Wildman–Crippen LogP) is 3.84. The lowest BCUT2D eigenvalue weighted by atomic mass is 10.2. The van der Waals surface area contributed by atoms with Crippen LogP contribution in [0.15, 0.2) is 42.7 Å². The summed E-state index contributed by atoms with van der Waals surface area (Å²) in [5.41, 5.74) is 4.75. The van der Waals surface area contributed by atoms with E-state index in [1.165, 1.54) is 34.3 Å². The fourth-order valence-corrected chi connectivity index (χ4v) is 2.47. The molecule has 3 aromatic rings. The Labute approximate surface area is 111 Å². The van der Waals surface area contributed by atoms with Gasteiger partial charge in [0.2, 0.25) is 0 Å². The van der Waals surface area contributed by atoms with Gasteiger partial charge in [-0.2, -0.15) is 0 Å². The van der Waals surface area contributed by atoms with Crippen molar-refractivity contribution in [3.63, 3.8) is 0 Å². The number of pyridine rings is 1. The molecule has 0 atom stereocenters. The average molecular weight is 254 g/mol. The van der Waals surface area contributed by atoms with Crippen molar-refractivity contribution in [3.8, 4) is 0 Å². The van der Waals surface area contributed by atoms with Crippen molar-refractivity contribution in [3.05, 3.63) is 65.4 Å². The molecule has 0 amide bonds. The molecule has 0 unspecified atom stereocenters. The van der Waals surface area contributed by atoms with Gasteiger partial charge in [-0.25, -0.2) is 4.39 Å². The van der Waals surface area contributed by atoms with Gasteiger partial charge in [-0.3, -0.25) is 4.98 Å². The molecule has 3 rings (SSSR count). The van der Waals surface area contributed by atoms with E-state index in [0.717, 1.165) is 12.1 Å². The number of fused-ring (bicyclic) bond motifs is 1. The maximum Gasteiger partial charge on any atom is 0.123 e. The van der Waals surface area contributed by atoms with Crippen LogP contribution in [0.4, 0.5) is 4.39 Å². The maximum atomic E-state index is 12.9. The summed E-state index contributed by atoms with van der Waals surface area (Å²) in [7, 11) is 0. The van der Waals surface area contributed by atoms with Gasteiger partial charge in [0.25, 0.3) is 0 Å². The van der Waals surface area contributed by atoms with Gasteiger partial charge in [0, 0.05) is 30.0 Å². The second kappa shape index (κ2) is 4.50. The molecule has 0 saturated heterocycles. The van der Waals surface area contributed by atoms with Crippen LogP contribution >= 0.6 is 0 Å². The highest BCUT2D eigenvalue weighted by atomic mass is 19.1. The van der Waals surface area contributed by atoms with Crippen LogP contribution in [-0.2, 0) is 6.54 Å². The number of hydrogen-bond acceptors (Lipinski definition) is 1. The third kappa shape index (κ3) is 2.01. The molecule has 0 bridgehead atoms. The standard InChI is InChI=1S/C16H15FN2/c1-11-12(2)19(16-7-8-18-9-15(11)16)10-13-3-5-14(17)6-4-13/h3-9H,10H2,1-2H3. The fourth-order valence-electron chi connectivity index (χ4n) is 2.47. The monoisotopic (exact) mass is 254 g/mol. The first-order valence-electron chi connectivity index (χ1n) is 6.30. The number of hydrogen-bond donors (Lipinski definition) is 0. The second-order valence-corrected chi connectivity index (χ2v) is 4.82. The summed E-state index contributed by atoms with van der Waals surface area (Å²) in [6.07, 6.45) is 3.71. The number of nitrogens with zero attached hydrogens (tertiary/aromatic N) is 2. The van der Waals surface area contributed by atoms with Crippen LogP contribution in [0, 0.1) is 19.7 Å². The lowest BCUT2D eigenvalue weighted by molar-refractivity contribution is 0.626. The molecule has 96 valence electrons. The number of halogens is 1. The zero-order chi connectivity index (χ0) is 13.4. The molecule has 0 N–H and O–H groups in total. The molecule has 2 aromatic heterocycles. The highest BCUT2D eigenvalue weighted by molar-refractivity contribution is 5.84. The van der Waals surface area contributed by atoms with Crippen LogP contribution in [0.5, 0.6) is 0 Å². The van der Waals surface area contributed by atoms with Gasteiger partial charge in [0.15, 0.2) is 0 Å². The number of aryl methyl sites for hydroxylation is 1. The summed E-state index contributed by atoms with van der Waals surface area (Å²) >= 11 is 0. The Kier molecular flexibility index (Phi) is 2.82. The molecule has 0 saturated carbocycles. The molecular weight excluding hydrogens is 239 g/mol. The molecular formula is C16H15FN2. The van der Waals surface area contributed by atoms with E-state index >= 15 is 0 Å². The smallest absolute Gasteiger partial charge is 0.123 e. The Balaban J connectivity index is 2.10. The third-order valence-electron chi connectivity index (χ3n) is 3.69. The van der Waals surface area contributed by atoms with Crippen LogP contribution in [0.3, 0.4) is 0 Å². The zero-order valence-electron chi connectivity index (χ0n) is 11.0. The number of benzene rings is 1. The minimum absolute atomic E-state index is 0.196. The van der Waals surface area contributed by atoms with Crippen LogP contribution in [0.25, 0.3) is 10.9 Å². The van der Waals surface area contributed by atoms with Crippen molar-refractivity contribution in [2.24, 2.45) is 0 Å². The highest BCUT2D eigenvalue weighted by Crippen LogP contribution is 2.25. The third-order valence-corrected chi connectivity index (χ3v) is 3.69. The molecule has 2 nitrogen and oxygen atoms in total. The topological polar surface area (TPSA) is 17.8 Å². The van der Waals surface area contributed by atoms with Crippen LogP contribution in [-0.4, -0.2) is 9.55 Å². The maximum absolute atomic E-state index is 12.9. The minimum Gasteiger partial charge on any atom is -0.340 e. The molecule has 0 spiro atoms. The summed E-state index contributed by atoms with van der Waals surface area (Å²) in [6, 6.07) is 8.70. The first-order chi connectivity index (χ1) is 9.16. The first kappa shape index (κ1) is 11.9. The Hall–Kier alpha value is -2.16. The van der Waals surface area contributed by atoms with Crippen molar-refractivity contribution >= 4 is 10.9 Å². The van der Waals surface area contributed by atoms with E-state index in [9.17, 15) is 4.39 Å². The van der Waals surface area contributed by atoms with E-state index in [2.05, 4.69) is 23.4 Å². The van der Waals surface area contributed by atoms with E-state index in [0.29, 0.717) is 0 Å². The molecule has 0 fully saturated rings. The quantitative estimate of drug-likeness (QED) is 0.679. The van der Waals surface area contributed by atoms with Crippen molar-refractivity contribution in [1.82, 2.24) is 9.55 Å². The van der Waals surface area contributed by atoms with E-state index < -0.39 is 0 Å². The van der Waals surface area contributed by atoms with E-state index in [4.69, 9.17) is 0 Å². The molecule has 19 heavy (non-hydrogen) atoms. The Morgan fingerprint density at radius 1 is 1.11 bits per heavy atom. The van der Waals surface area contributed by atoms with Crippen molar-refractivity contribution < 1.29 is 4.39 Å². The SMILES string of the molecule is Cc1c(C)n(Cc2ccc(F)cc2)c2ccncc12. The Morgan fingerprint density at radius 3 is 2.58 bits per heavy atom. The minimum atomic E-state index is -0.196. The van der Waals surface area contributed by atoms with Gasteiger partial charge < -0.3 is 4.57 Å². The normalized spacial score (nSPS) is 11.1. The van der Waals surface area contributed by atoms with Crippen molar-refractivity contribution in [1.29, 1.82) is 0 Å². The van der Waals surface area contributed by atoms with Crippen LogP contribution < -0.4 is 0 Å². The molecule has 3 heteroatoms. The summed E-state index contributed by atoms with van der Waals surface area (Å²) in [4.78, 5) is 4.18. The van der Waals surface area contributed by atoms with Gasteiger partial charge in [-0.05, 0) is 43.2 Å². The molecule has 0 aliphatic heterocycles. The summed E-state index contributed by atoms with van der Waals surface area (Å²) < 4.78 is 15.2. The Morgan fingerprint density at radius 2 is 1.84 bits per heavy atom. The largest absolute Gasteiger partial charge is 0.340 e. The molecule has 0 aliphatic carbocycles. The van der Waals surface area contributed by atoms with Gasteiger partial charge in [-0.1, -0.05) is 12.1 Å². The van der Waals surface area contributed by atoms with Gasteiger partial charge in [0.1, 0.15) is 5.82 Å². The van der Waals surface area contributed by atoms with Crippen molar-refractivity contribution in [2.75, 3.05) is 0 Å². The second-order valence-electron chi connectivity index (χ2n) is 4.82. The zero-order valence-corrected chi connectivity index (χ0v) is 11.0. The lowest BCUT2D eigenvalue weighted by Gasteiger charge is -2.08. The number of rotatable bonds is 2. The van der Waals surface area contributed by atoms with Gasteiger partial charge in [0.05, 0.1) is 5.52 Å². The summed E-state index contributed by atoms with van der Waals surface area (Å²) in [6.45, 7) is 4.97. The van der Waals surface area contributed by atoms with Gasteiger partial charge >= 0.3 is 0 Å². The highest BCUT2D eigenvalue weighted by Gasteiger charge is 2.10. The summed E-state index contributed by atoms with van der Waals surface area (Å²) in [5, 5.41) is 1.18. The Bertz CT molecular complexity index is 726. The molecule has 2 heterocycles. The molecule has 1 aromatic carbocycles. The van der Waals surface area contributed by atoms with Crippen molar-refractivity contribution in [2.45, 2.75) is 20.4 Å². The summed E-state index contributed by atoms with van der Waals surface area (Å²) in [5.74, 6) is -0.196. The van der Waals surface area contributed by atoms with Gasteiger partial charge in [-0.15, -0.1) is 0 Å².